The van der Waals surface area contributed by atoms with Crippen LogP contribution in [-0.4, -0.2) is 21.1 Å². The average Bonchev–Trinajstić information content (AvgIpc) is 3.04. The summed E-state index contributed by atoms with van der Waals surface area (Å²) in [6.45, 7) is 1.16. The summed E-state index contributed by atoms with van der Waals surface area (Å²) in [7, 11) is 2.11. The molecule has 1 saturated carbocycles. The molecule has 1 N–H and O–H groups in total. The highest BCUT2D eigenvalue weighted by Crippen LogP contribution is 2.44. The van der Waals surface area contributed by atoms with Crippen molar-refractivity contribution in [1.82, 2.24) is 19.9 Å². The van der Waals surface area contributed by atoms with E-state index >= 15 is 0 Å². The third-order valence-corrected chi connectivity index (χ3v) is 4.72. The minimum absolute atomic E-state index is 0.428. The first-order valence-electron chi connectivity index (χ1n) is 6.85. The quantitative estimate of drug-likeness (QED) is 0.832. The van der Waals surface area contributed by atoms with E-state index in [2.05, 4.69) is 28.0 Å². The van der Waals surface area contributed by atoms with Gasteiger partial charge in [0.05, 0.1) is 11.6 Å². The van der Waals surface area contributed by atoms with Crippen molar-refractivity contribution in [2.24, 2.45) is 18.9 Å². The minimum atomic E-state index is 0.428. The molecular formula is C14H18N4. The predicted octanol–water partition coefficient (Wildman–Crippen LogP) is 2.03. The molecular weight excluding hydrogens is 224 g/mol. The van der Waals surface area contributed by atoms with Crippen LogP contribution in [0.3, 0.4) is 0 Å². The van der Waals surface area contributed by atoms with E-state index in [9.17, 15) is 0 Å². The Balaban J connectivity index is 1.80. The van der Waals surface area contributed by atoms with Crippen molar-refractivity contribution in [3.8, 4) is 0 Å². The standard InChI is InChI=1S/C14H18N4/c1-18-11-6-3-7-15-13(11)17-14(18)12-10-5-2-4-9(10)8-16-12/h3,6-7,9-10,12,16H,2,4-5,8H2,1H3. The van der Waals surface area contributed by atoms with Gasteiger partial charge in [-0.15, -0.1) is 0 Å². The van der Waals surface area contributed by atoms with Crippen molar-refractivity contribution in [3.63, 3.8) is 0 Å². The molecule has 1 aliphatic heterocycles. The first kappa shape index (κ1) is 10.5. The van der Waals surface area contributed by atoms with Gasteiger partial charge < -0.3 is 9.88 Å². The van der Waals surface area contributed by atoms with Gasteiger partial charge in [-0.2, -0.15) is 0 Å². The Labute approximate surface area is 106 Å². The van der Waals surface area contributed by atoms with Crippen LogP contribution in [-0.2, 0) is 7.05 Å². The number of rotatable bonds is 1. The van der Waals surface area contributed by atoms with Gasteiger partial charge in [-0.05, 0) is 43.4 Å². The first-order chi connectivity index (χ1) is 8.84. The second-order valence-corrected chi connectivity index (χ2v) is 5.62. The number of hydrogen-bond donors (Lipinski definition) is 1. The van der Waals surface area contributed by atoms with Crippen molar-refractivity contribution in [2.75, 3.05) is 6.54 Å². The number of pyridine rings is 1. The van der Waals surface area contributed by atoms with Crippen LogP contribution in [0.4, 0.5) is 0 Å². The molecule has 3 atom stereocenters. The molecule has 4 heteroatoms. The van der Waals surface area contributed by atoms with Gasteiger partial charge in [0.2, 0.25) is 0 Å². The van der Waals surface area contributed by atoms with Gasteiger partial charge in [0.15, 0.2) is 5.65 Å². The molecule has 2 aliphatic rings. The van der Waals surface area contributed by atoms with Gasteiger partial charge in [0.25, 0.3) is 0 Å². The van der Waals surface area contributed by atoms with Crippen molar-refractivity contribution >= 4 is 11.2 Å². The minimum Gasteiger partial charge on any atom is -0.328 e. The van der Waals surface area contributed by atoms with Crippen LogP contribution >= 0.6 is 0 Å². The lowest BCUT2D eigenvalue weighted by Crippen LogP contribution is -2.21. The van der Waals surface area contributed by atoms with E-state index in [0.717, 1.165) is 35.4 Å². The summed E-state index contributed by atoms with van der Waals surface area (Å²) in [6, 6.07) is 4.51. The highest BCUT2D eigenvalue weighted by Gasteiger charge is 2.41. The van der Waals surface area contributed by atoms with Crippen LogP contribution in [0.2, 0.25) is 0 Å². The van der Waals surface area contributed by atoms with Gasteiger partial charge in [-0.3, -0.25) is 0 Å². The summed E-state index contributed by atoms with van der Waals surface area (Å²) in [4.78, 5) is 9.10. The van der Waals surface area contributed by atoms with E-state index in [1.54, 1.807) is 0 Å². The summed E-state index contributed by atoms with van der Waals surface area (Å²) < 4.78 is 2.21. The maximum absolute atomic E-state index is 4.74. The fourth-order valence-electron chi connectivity index (χ4n) is 3.79. The summed E-state index contributed by atoms with van der Waals surface area (Å²) in [6.07, 6.45) is 5.94. The zero-order valence-electron chi connectivity index (χ0n) is 10.6. The molecule has 1 saturated heterocycles. The van der Waals surface area contributed by atoms with Crippen LogP contribution in [0.15, 0.2) is 18.3 Å². The molecule has 2 aromatic rings. The molecule has 0 aromatic carbocycles. The smallest absolute Gasteiger partial charge is 0.177 e. The lowest BCUT2D eigenvalue weighted by atomic mass is 9.94. The van der Waals surface area contributed by atoms with Crippen LogP contribution in [0.1, 0.15) is 31.1 Å². The van der Waals surface area contributed by atoms with Gasteiger partial charge in [0.1, 0.15) is 5.82 Å². The van der Waals surface area contributed by atoms with E-state index in [1.165, 1.54) is 19.3 Å². The fourth-order valence-corrected chi connectivity index (χ4v) is 3.79. The number of aryl methyl sites for hydroxylation is 1. The molecule has 0 spiro atoms. The zero-order valence-corrected chi connectivity index (χ0v) is 10.6. The van der Waals surface area contributed by atoms with Gasteiger partial charge in [-0.25, -0.2) is 9.97 Å². The number of nitrogens with one attached hydrogen (secondary N) is 1. The number of fused-ring (bicyclic) bond motifs is 2. The van der Waals surface area contributed by atoms with E-state index in [0.29, 0.717) is 6.04 Å². The second kappa shape index (κ2) is 3.79. The van der Waals surface area contributed by atoms with Crippen LogP contribution < -0.4 is 5.32 Å². The van der Waals surface area contributed by atoms with Gasteiger partial charge in [-0.1, -0.05) is 6.42 Å². The Bertz CT molecular complexity index is 588. The normalized spacial score (nSPS) is 31.1. The lowest BCUT2D eigenvalue weighted by molar-refractivity contribution is 0.402. The van der Waals surface area contributed by atoms with Crippen molar-refractivity contribution in [3.05, 3.63) is 24.2 Å². The maximum atomic E-state index is 4.74. The van der Waals surface area contributed by atoms with Gasteiger partial charge in [0, 0.05) is 13.2 Å². The molecule has 4 rings (SSSR count). The molecule has 4 nitrogen and oxygen atoms in total. The highest BCUT2D eigenvalue weighted by molar-refractivity contribution is 5.71. The number of nitrogens with zero attached hydrogens (tertiary/aromatic N) is 3. The SMILES string of the molecule is Cn1c(C2NCC3CCCC32)nc2ncccc21. The Kier molecular flexibility index (Phi) is 2.21. The third kappa shape index (κ3) is 1.35. The van der Waals surface area contributed by atoms with Crippen LogP contribution in [0.25, 0.3) is 11.2 Å². The summed E-state index contributed by atoms with van der Waals surface area (Å²) >= 11 is 0. The van der Waals surface area contributed by atoms with E-state index in [-0.39, 0.29) is 0 Å². The zero-order chi connectivity index (χ0) is 12.1. The molecule has 2 fully saturated rings. The topological polar surface area (TPSA) is 42.7 Å². The van der Waals surface area contributed by atoms with Crippen LogP contribution in [0.5, 0.6) is 0 Å². The van der Waals surface area contributed by atoms with Crippen LogP contribution in [0, 0.1) is 11.8 Å². The molecule has 0 bridgehead atoms. The number of hydrogen-bond acceptors (Lipinski definition) is 3. The molecule has 94 valence electrons. The van der Waals surface area contributed by atoms with Crippen molar-refractivity contribution in [2.45, 2.75) is 25.3 Å². The number of aromatic nitrogens is 3. The summed E-state index contributed by atoms with van der Waals surface area (Å²) in [5.41, 5.74) is 2.01. The largest absolute Gasteiger partial charge is 0.328 e. The summed E-state index contributed by atoms with van der Waals surface area (Å²) in [5.74, 6) is 2.81. The molecule has 2 aromatic heterocycles. The van der Waals surface area contributed by atoms with Crippen molar-refractivity contribution in [1.29, 1.82) is 0 Å². The third-order valence-electron chi connectivity index (χ3n) is 4.72. The Morgan fingerprint density at radius 3 is 3.22 bits per heavy atom. The highest BCUT2D eigenvalue weighted by atomic mass is 15.1. The van der Waals surface area contributed by atoms with Crippen molar-refractivity contribution < 1.29 is 0 Å². The molecule has 1 aliphatic carbocycles. The fraction of sp³-hybridized carbons (Fsp3) is 0.571. The Hall–Kier alpha value is -1.42. The van der Waals surface area contributed by atoms with Gasteiger partial charge >= 0.3 is 0 Å². The Morgan fingerprint density at radius 1 is 1.39 bits per heavy atom. The molecule has 3 unspecified atom stereocenters. The molecule has 0 radical (unpaired) electrons. The first-order valence-corrected chi connectivity index (χ1v) is 6.85. The molecule has 0 amide bonds. The van der Waals surface area contributed by atoms with E-state index in [4.69, 9.17) is 4.98 Å². The summed E-state index contributed by atoms with van der Waals surface area (Å²) in [5, 5.41) is 3.67. The van der Waals surface area contributed by atoms with E-state index < -0.39 is 0 Å². The molecule has 18 heavy (non-hydrogen) atoms. The van der Waals surface area contributed by atoms with E-state index in [1.807, 2.05) is 12.3 Å². The average molecular weight is 242 g/mol. The maximum Gasteiger partial charge on any atom is 0.177 e. The number of imidazole rings is 1. The Morgan fingerprint density at radius 2 is 2.33 bits per heavy atom. The predicted molar refractivity (Wildman–Crippen MR) is 70.1 cm³/mol. The monoisotopic (exact) mass is 242 g/mol. The second-order valence-electron chi connectivity index (χ2n) is 5.62. The lowest BCUT2D eigenvalue weighted by Gasteiger charge is -2.17. The molecule has 3 heterocycles.